The Kier molecular flexibility index (Phi) is 3.26. The van der Waals surface area contributed by atoms with Crippen LogP contribution in [-0.4, -0.2) is 15.5 Å². The molecule has 0 radical (unpaired) electrons. The van der Waals surface area contributed by atoms with Crippen molar-refractivity contribution in [3.8, 4) is 0 Å². The molecule has 0 unspecified atom stereocenters. The van der Waals surface area contributed by atoms with Crippen molar-refractivity contribution in [2.75, 3.05) is 0 Å². The van der Waals surface area contributed by atoms with Crippen LogP contribution in [0.15, 0.2) is 24.7 Å². The highest BCUT2D eigenvalue weighted by molar-refractivity contribution is 7.16. The fourth-order valence-electron chi connectivity index (χ4n) is 1.23. The lowest BCUT2D eigenvalue weighted by atomic mass is 10.4. The van der Waals surface area contributed by atoms with E-state index in [2.05, 4.69) is 10.3 Å². The molecule has 0 aliphatic carbocycles. The number of aryl methyl sites for hydroxylation is 1. The van der Waals surface area contributed by atoms with E-state index in [4.69, 9.17) is 11.6 Å². The number of amides is 1. The van der Waals surface area contributed by atoms with Crippen molar-refractivity contribution in [1.82, 2.24) is 14.9 Å². The summed E-state index contributed by atoms with van der Waals surface area (Å²) in [6.45, 7) is 0.479. The monoisotopic (exact) mass is 255 g/mol. The van der Waals surface area contributed by atoms with E-state index < -0.39 is 0 Å². The first kappa shape index (κ1) is 11.2. The van der Waals surface area contributed by atoms with Crippen LogP contribution < -0.4 is 5.32 Å². The SMILES string of the molecule is Cn1cnc(C(=O)NCc2ccc(Cl)s2)c1. The molecule has 2 heterocycles. The van der Waals surface area contributed by atoms with Gasteiger partial charge < -0.3 is 9.88 Å². The van der Waals surface area contributed by atoms with Crippen LogP contribution in [0.2, 0.25) is 4.34 Å². The number of nitrogens with one attached hydrogen (secondary N) is 1. The molecule has 6 heteroatoms. The van der Waals surface area contributed by atoms with E-state index in [-0.39, 0.29) is 5.91 Å². The molecule has 0 bridgehead atoms. The Morgan fingerprint density at radius 1 is 1.62 bits per heavy atom. The van der Waals surface area contributed by atoms with Gasteiger partial charge in [0.1, 0.15) is 5.69 Å². The zero-order valence-corrected chi connectivity index (χ0v) is 10.2. The van der Waals surface area contributed by atoms with Crippen molar-refractivity contribution in [2.24, 2.45) is 7.05 Å². The van der Waals surface area contributed by atoms with Crippen molar-refractivity contribution in [3.05, 3.63) is 39.6 Å². The van der Waals surface area contributed by atoms with Gasteiger partial charge in [0.05, 0.1) is 17.2 Å². The first-order chi connectivity index (χ1) is 7.65. The zero-order chi connectivity index (χ0) is 11.5. The molecule has 16 heavy (non-hydrogen) atoms. The van der Waals surface area contributed by atoms with Crippen LogP contribution in [0.1, 0.15) is 15.4 Å². The number of halogens is 1. The number of rotatable bonds is 3. The molecule has 0 saturated heterocycles. The molecule has 0 saturated carbocycles. The van der Waals surface area contributed by atoms with E-state index in [0.29, 0.717) is 12.2 Å². The summed E-state index contributed by atoms with van der Waals surface area (Å²) in [5.74, 6) is -0.176. The van der Waals surface area contributed by atoms with E-state index in [1.54, 1.807) is 17.1 Å². The maximum atomic E-state index is 11.6. The molecule has 4 nitrogen and oxygen atoms in total. The molecule has 0 aliphatic heterocycles. The second-order valence-corrected chi connectivity index (χ2v) is 5.11. The van der Waals surface area contributed by atoms with E-state index in [0.717, 1.165) is 9.21 Å². The van der Waals surface area contributed by atoms with Gasteiger partial charge >= 0.3 is 0 Å². The Morgan fingerprint density at radius 2 is 2.44 bits per heavy atom. The van der Waals surface area contributed by atoms with Crippen molar-refractivity contribution in [1.29, 1.82) is 0 Å². The molecule has 0 aromatic carbocycles. The lowest BCUT2D eigenvalue weighted by Crippen LogP contribution is -2.22. The number of imidazole rings is 1. The van der Waals surface area contributed by atoms with Gasteiger partial charge in [0.2, 0.25) is 0 Å². The Labute approximate surface area is 102 Å². The fourth-order valence-corrected chi connectivity index (χ4v) is 2.26. The third-order valence-electron chi connectivity index (χ3n) is 1.99. The highest BCUT2D eigenvalue weighted by atomic mass is 35.5. The topological polar surface area (TPSA) is 46.9 Å². The van der Waals surface area contributed by atoms with Gasteiger partial charge in [-0.05, 0) is 12.1 Å². The predicted octanol–water partition coefficient (Wildman–Crippen LogP) is 2.06. The second kappa shape index (κ2) is 4.67. The van der Waals surface area contributed by atoms with Crippen molar-refractivity contribution in [2.45, 2.75) is 6.54 Å². The van der Waals surface area contributed by atoms with Crippen LogP contribution >= 0.6 is 22.9 Å². The van der Waals surface area contributed by atoms with Crippen LogP contribution in [0.25, 0.3) is 0 Å². The number of hydrogen-bond donors (Lipinski definition) is 1. The van der Waals surface area contributed by atoms with Gasteiger partial charge in [0, 0.05) is 18.1 Å². The van der Waals surface area contributed by atoms with Crippen LogP contribution in [0, 0.1) is 0 Å². The quantitative estimate of drug-likeness (QED) is 0.913. The zero-order valence-electron chi connectivity index (χ0n) is 8.61. The third-order valence-corrected chi connectivity index (χ3v) is 3.22. The Morgan fingerprint density at radius 3 is 3.00 bits per heavy atom. The molecule has 0 aliphatic rings. The molecule has 0 spiro atoms. The normalized spacial score (nSPS) is 10.4. The molecular weight excluding hydrogens is 246 g/mol. The average Bonchev–Trinajstić information content (AvgIpc) is 2.84. The molecule has 0 fully saturated rings. The minimum atomic E-state index is -0.176. The minimum absolute atomic E-state index is 0.176. The first-order valence-electron chi connectivity index (χ1n) is 4.65. The number of aromatic nitrogens is 2. The lowest BCUT2D eigenvalue weighted by molar-refractivity contribution is 0.0946. The van der Waals surface area contributed by atoms with Gasteiger partial charge in [0.15, 0.2) is 0 Å². The molecule has 2 aromatic rings. The molecule has 1 N–H and O–H groups in total. The third kappa shape index (κ3) is 2.62. The van der Waals surface area contributed by atoms with Gasteiger partial charge in [0.25, 0.3) is 5.91 Å². The number of carbonyl (C=O) groups excluding carboxylic acids is 1. The van der Waals surface area contributed by atoms with Crippen molar-refractivity contribution in [3.63, 3.8) is 0 Å². The number of nitrogens with zero attached hydrogens (tertiary/aromatic N) is 2. The largest absolute Gasteiger partial charge is 0.346 e. The van der Waals surface area contributed by atoms with Gasteiger partial charge in [-0.25, -0.2) is 4.98 Å². The lowest BCUT2D eigenvalue weighted by Gasteiger charge is -1.99. The highest BCUT2D eigenvalue weighted by Gasteiger charge is 2.08. The van der Waals surface area contributed by atoms with Crippen molar-refractivity contribution >= 4 is 28.8 Å². The number of hydrogen-bond acceptors (Lipinski definition) is 3. The Hall–Kier alpha value is -1.33. The van der Waals surface area contributed by atoms with Crippen LogP contribution in [0.5, 0.6) is 0 Å². The average molecular weight is 256 g/mol. The Bertz CT molecular complexity index is 506. The number of carbonyl (C=O) groups is 1. The second-order valence-electron chi connectivity index (χ2n) is 3.31. The summed E-state index contributed by atoms with van der Waals surface area (Å²) in [6.07, 6.45) is 3.27. The van der Waals surface area contributed by atoms with Crippen LogP contribution in [-0.2, 0) is 13.6 Å². The highest BCUT2D eigenvalue weighted by Crippen LogP contribution is 2.20. The summed E-state index contributed by atoms with van der Waals surface area (Å²) in [4.78, 5) is 16.6. The van der Waals surface area contributed by atoms with Gasteiger partial charge in [-0.1, -0.05) is 11.6 Å². The maximum Gasteiger partial charge on any atom is 0.271 e. The van der Waals surface area contributed by atoms with Gasteiger partial charge in [-0.2, -0.15) is 0 Å². The summed E-state index contributed by atoms with van der Waals surface area (Å²) in [7, 11) is 1.82. The molecule has 2 aromatic heterocycles. The Balaban J connectivity index is 1.93. The summed E-state index contributed by atoms with van der Waals surface area (Å²) >= 11 is 7.24. The van der Waals surface area contributed by atoms with E-state index in [1.807, 2.05) is 19.2 Å². The summed E-state index contributed by atoms with van der Waals surface area (Å²) in [6, 6.07) is 3.71. The minimum Gasteiger partial charge on any atom is -0.346 e. The van der Waals surface area contributed by atoms with Gasteiger partial charge in [-0.15, -0.1) is 11.3 Å². The first-order valence-corrected chi connectivity index (χ1v) is 5.85. The summed E-state index contributed by atoms with van der Waals surface area (Å²) in [5.41, 5.74) is 0.421. The molecule has 1 amide bonds. The predicted molar refractivity (Wildman–Crippen MR) is 63.7 cm³/mol. The van der Waals surface area contributed by atoms with E-state index >= 15 is 0 Å². The van der Waals surface area contributed by atoms with E-state index in [1.165, 1.54) is 11.3 Å². The molecule has 2 rings (SSSR count). The smallest absolute Gasteiger partial charge is 0.271 e. The molecular formula is C10H10ClN3OS. The molecule has 0 atom stereocenters. The maximum absolute atomic E-state index is 11.6. The number of thiophene rings is 1. The fraction of sp³-hybridized carbons (Fsp3) is 0.200. The standard InChI is InChI=1S/C10H10ClN3OS/c1-14-5-8(13-6-14)10(15)12-4-7-2-3-9(11)16-7/h2-3,5-6H,4H2,1H3,(H,12,15). The van der Waals surface area contributed by atoms with Crippen LogP contribution in [0.3, 0.4) is 0 Å². The van der Waals surface area contributed by atoms with Gasteiger partial charge in [-0.3, -0.25) is 4.79 Å². The summed E-state index contributed by atoms with van der Waals surface area (Å²) < 4.78 is 2.46. The summed E-state index contributed by atoms with van der Waals surface area (Å²) in [5, 5.41) is 2.78. The molecule has 84 valence electrons. The van der Waals surface area contributed by atoms with E-state index in [9.17, 15) is 4.79 Å². The van der Waals surface area contributed by atoms with Crippen LogP contribution in [0.4, 0.5) is 0 Å². The van der Waals surface area contributed by atoms with Crippen molar-refractivity contribution < 1.29 is 4.79 Å².